The third-order valence-corrected chi connectivity index (χ3v) is 5.24. The second-order valence-corrected chi connectivity index (χ2v) is 7.24. The summed E-state index contributed by atoms with van der Waals surface area (Å²) in [6.45, 7) is 1.99. The van der Waals surface area contributed by atoms with Crippen molar-refractivity contribution in [2.75, 3.05) is 20.8 Å². The van der Waals surface area contributed by atoms with E-state index in [1.165, 1.54) is 0 Å². The topological polar surface area (TPSA) is 80.3 Å². The zero-order valence-corrected chi connectivity index (χ0v) is 17.0. The normalized spacial score (nSPS) is 13.8. The zero-order chi connectivity index (χ0) is 20.4. The first-order valence-electron chi connectivity index (χ1n) is 9.25. The molecule has 8 heteroatoms. The van der Waals surface area contributed by atoms with Crippen molar-refractivity contribution in [3.8, 4) is 23.0 Å². The minimum Gasteiger partial charge on any atom is -0.493 e. The number of nitrogens with zero attached hydrogens (tertiary/aromatic N) is 3. The smallest absolute Gasteiger partial charge is 0.254 e. The number of ether oxygens (including phenoxy) is 2. The fourth-order valence-corrected chi connectivity index (χ4v) is 3.88. The number of halogens is 1. The van der Waals surface area contributed by atoms with Crippen molar-refractivity contribution in [3.63, 3.8) is 0 Å². The first-order valence-corrected chi connectivity index (χ1v) is 9.63. The Kier molecular flexibility index (Phi) is 5.51. The summed E-state index contributed by atoms with van der Waals surface area (Å²) in [6, 6.07) is 9.33. The predicted molar refractivity (Wildman–Crippen MR) is 110 cm³/mol. The lowest BCUT2D eigenvalue weighted by atomic mass is 10.1. The van der Waals surface area contributed by atoms with Gasteiger partial charge in [0.2, 0.25) is 0 Å². The molecule has 7 nitrogen and oxygen atoms in total. The summed E-state index contributed by atoms with van der Waals surface area (Å²) in [4.78, 5) is 26.6. The van der Waals surface area contributed by atoms with Crippen LogP contribution in [0.4, 0.5) is 0 Å². The number of H-pyrrole nitrogens is 1. The highest BCUT2D eigenvalue weighted by Crippen LogP contribution is 2.36. The van der Waals surface area contributed by atoms with Gasteiger partial charge in [0.1, 0.15) is 5.69 Å². The number of aromatic amines is 1. The highest BCUT2D eigenvalue weighted by atomic mass is 35.5. The van der Waals surface area contributed by atoms with E-state index >= 15 is 0 Å². The average molecular weight is 413 g/mol. The molecule has 3 heterocycles. The molecule has 3 aromatic rings. The fourth-order valence-electron chi connectivity index (χ4n) is 3.57. The van der Waals surface area contributed by atoms with Crippen LogP contribution in [0.25, 0.3) is 11.5 Å². The summed E-state index contributed by atoms with van der Waals surface area (Å²) in [5.41, 5.74) is 3.09. The van der Waals surface area contributed by atoms with Gasteiger partial charge in [0, 0.05) is 31.4 Å². The summed E-state index contributed by atoms with van der Waals surface area (Å²) in [7, 11) is 3.15. The molecular weight excluding hydrogens is 392 g/mol. The van der Waals surface area contributed by atoms with Crippen molar-refractivity contribution in [2.45, 2.75) is 19.5 Å². The maximum Gasteiger partial charge on any atom is 0.254 e. The number of hydrogen-bond acceptors (Lipinski definition) is 6. The van der Waals surface area contributed by atoms with Gasteiger partial charge in [0.15, 0.2) is 17.3 Å². The molecule has 1 N–H and O–H groups in total. The summed E-state index contributed by atoms with van der Waals surface area (Å²) in [5.74, 6) is 1.61. The second kappa shape index (κ2) is 8.23. The molecule has 150 valence electrons. The average Bonchev–Trinajstić information content (AvgIpc) is 2.73. The molecule has 2 aromatic heterocycles. The molecule has 1 aliphatic heterocycles. The molecule has 1 aliphatic rings. The van der Waals surface area contributed by atoms with E-state index in [1.54, 1.807) is 20.4 Å². The molecule has 0 unspecified atom stereocenters. The van der Waals surface area contributed by atoms with Crippen LogP contribution in [0.15, 0.2) is 41.3 Å². The van der Waals surface area contributed by atoms with E-state index in [9.17, 15) is 4.79 Å². The number of fused-ring (bicyclic) bond motifs is 1. The largest absolute Gasteiger partial charge is 0.493 e. The number of rotatable bonds is 5. The molecule has 1 aromatic carbocycles. The molecule has 0 fully saturated rings. The summed E-state index contributed by atoms with van der Waals surface area (Å²) in [6.07, 6.45) is 2.32. The van der Waals surface area contributed by atoms with Crippen molar-refractivity contribution in [1.82, 2.24) is 19.9 Å². The molecule has 0 saturated carbocycles. The van der Waals surface area contributed by atoms with E-state index in [-0.39, 0.29) is 5.56 Å². The molecule has 0 amide bonds. The van der Waals surface area contributed by atoms with Crippen LogP contribution in [-0.4, -0.2) is 40.6 Å². The highest BCUT2D eigenvalue weighted by molar-refractivity contribution is 6.32. The summed E-state index contributed by atoms with van der Waals surface area (Å²) in [5, 5.41) is 0.506. The Morgan fingerprint density at radius 2 is 2.10 bits per heavy atom. The minimum absolute atomic E-state index is 0.0931. The molecular formula is C21H21ClN4O3. The van der Waals surface area contributed by atoms with Gasteiger partial charge in [0.25, 0.3) is 5.56 Å². The highest BCUT2D eigenvalue weighted by Gasteiger charge is 2.22. The summed E-state index contributed by atoms with van der Waals surface area (Å²) < 4.78 is 10.7. The molecule has 0 atom stereocenters. The van der Waals surface area contributed by atoms with E-state index < -0.39 is 0 Å². The number of benzene rings is 1. The Labute approximate surface area is 173 Å². The quantitative estimate of drug-likeness (QED) is 0.693. The van der Waals surface area contributed by atoms with E-state index in [4.69, 9.17) is 21.1 Å². The van der Waals surface area contributed by atoms with E-state index in [1.807, 2.05) is 30.3 Å². The first kappa shape index (κ1) is 19.4. The van der Waals surface area contributed by atoms with Crippen LogP contribution in [0.2, 0.25) is 5.02 Å². The van der Waals surface area contributed by atoms with Crippen molar-refractivity contribution in [1.29, 1.82) is 0 Å². The lowest BCUT2D eigenvalue weighted by Gasteiger charge is -2.28. The SMILES string of the molecule is COc1cc(CN2CCc3c(nc(-c4ccccn4)[nH]c3=O)C2)cc(Cl)c1OC. The van der Waals surface area contributed by atoms with Gasteiger partial charge >= 0.3 is 0 Å². The van der Waals surface area contributed by atoms with Crippen LogP contribution < -0.4 is 15.0 Å². The number of nitrogens with one attached hydrogen (secondary N) is 1. The van der Waals surface area contributed by atoms with Gasteiger partial charge in [0.05, 0.1) is 24.9 Å². The van der Waals surface area contributed by atoms with Crippen LogP contribution in [0.5, 0.6) is 11.5 Å². The molecule has 0 radical (unpaired) electrons. The number of methoxy groups -OCH3 is 2. The predicted octanol–water partition coefficient (Wildman–Crippen LogP) is 3.06. The van der Waals surface area contributed by atoms with Crippen LogP contribution >= 0.6 is 11.6 Å². The van der Waals surface area contributed by atoms with Gasteiger partial charge in [-0.25, -0.2) is 4.98 Å². The van der Waals surface area contributed by atoms with Crippen molar-refractivity contribution in [2.24, 2.45) is 0 Å². The Balaban J connectivity index is 1.60. The Morgan fingerprint density at radius 3 is 2.83 bits per heavy atom. The van der Waals surface area contributed by atoms with Gasteiger partial charge in [-0.3, -0.25) is 14.7 Å². The first-order chi connectivity index (χ1) is 14.1. The van der Waals surface area contributed by atoms with E-state index in [0.717, 1.165) is 23.4 Å². The van der Waals surface area contributed by atoms with E-state index in [2.05, 4.69) is 19.9 Å². The third-order valence-electron chi connectivity index (χ3n) is 4.96. The Bertz CT molecular complexity index is 1090. The van der Waals surface area contributed by atoms with Gasteiger partial charge in [-0.05, 0) is 36.2 Å². The summed E-state index contributed by atoms with van der Waals surface area (Å²) >= 11 is 6.33. The van der Waals surface area contributed by atoms with Crippen LogP contribution in [-0.2, 0) is 19.5 Å². The lowest BCUT2D eigenvalue weighted by molar-refractivity contribution is 0.240. The minimum atomic E-state index is -0.0931. The number of pyridine rings is 1. The van der Waals surface area contributed by atoms with Gasteiger partial charge in [-0.1, -0.05) is 17.7 Å². The van der Waals surface area contributed by atoms with Crippen molar-refractivity contribution < 1.29 is 9.47 Å². The standard InChI is InChI=1S/C21H21ClN4O3/c1-28-18-10-13(9-15(22)19(18)29-2)11-26-8-6-14-17(12-26)24-20(25-21(14)27)16-5-3-4-7-23-16/h3-5,7,9-10H,6,8,11-12H2,1-2H3,(H,24,25,27). The van der Waals surface area contributed by atoms with Gasteiger partial charge < -0.3 is 14.5 Å². The van der Waals surface area contributed by atoms with Crippen molar-refractivity contribution >= 4 is 11.6 Å². The van der Waals surface area contributed by atoms with Crippen LogP contribution in [0, 0.1) is 0 Å². The van der Waals surface area contributed by atoms with Crippen LogP contribution in [0.1, 0.15) is 16.8 Å². The van der Waals surface area contributed by atoms with E-state index in [0.29, 0.717) is 47.6 Å². The Hall–Kier alpha value is -2.90. The molecule has 0 bridgehead atoms. The number of aromatic nitrogens is 3. The Morgan fingerprint density at radius 1 is 1.24 bits per heavy atom. The maximum absolute atomic E-state index is 12.5. The maximum atomic E-state index is 12.5. The lowest BCUT2D eigenvalue weighted by Crippen LogP contribution is -2.35. The zero-order valence-electron chi connectivity index (χ0n) is 16.2. The third kappa shape index (κ3) is 3.97. The van der Waals surface area contributed by atoms with Gasteiger partial charge in [-0.15, -0.1) is 0 Å². The monoisotopic (exact) mass is 412 g/mol. The van der Waals surface area contributed by atoms with Gasteiger partial charge in [-0.2, -0.15) is 0 Å². The fraction of sp³-hybridized carbons (Fsp3) is 0.286. The molecule has 0 saturated heterocycles. The molecule has 0 aliphatic carbocycles. The molecule has 0 spiro atoms. The van der Waals surface area contributed by atoms with Crippen molar-refractivity contribution in [3.05, 3.63) is 68.7 Å². The van der Waals surface area contributed by atoms with Crippen LogP contribution in [0.3, 0.4) is 0 Å². The number of hydrogen-bond donors (Lipinski definition) is 1. The molecule has 4 rings (SSSR count). The second-order valence-electron chi connectivity index (χ2n) is 6.83. The molecule has 29 heavy (non-hydrogen) atoms.